The van der Waals surface area contributed by atoms with Gasteiger partial charge in [0.15, 0.2) is 0 Å². The summed E-state index contributed by atoms with van der Waals surface area (Å²) in [6.45, 7) is 1.70. The molecule has 0 saturated carbocycles. The number of hydrogen-bond acceptors (Lipinski definition) is 4. The molecule has 0 aliphatic carbocycles. The van der Waals surface area contributed by atoms with Gasteiger partial charge in [0.25, 0.3) is 0 Å². The Morgan fingerprint density at radius 3 is 2.52 bits per heavy atom. The Bertz CT molecular complexity index is 643. The number of sulfonamides is 1. The fourth-order valence-corrected chi connectivity index (χ4v) is 3.95. The van der Waals surface area contributed by atoms with E-state index in [2.05, 4.69) is 5.32 Å². The predicted octanol–water partition coefficient (Wildman–Crippen LogP) is 1.32. The SMILES string of the molecule is O=C(CCCCc1ccc(F)cc1)NCCS(=O)(=O)N1CCOCC1. The lowest BCUT2D eigenvalue weighted by Gasteiger charge is -2.26. The number of carbonyl (C=O) groups excluding carboxylic acids is 1. The van der Waals surface area contributed by atoms with E-state index in [0.29, 0.717) is 39.1 Å². The summed E-state index contributed by atoms with van der Waals surface area (Å²) in [6.07, 6.45) is 2.68. The maximum absolute atomic E-state index is 12.8. The van der Waals surface area contributed by atoms with Crippen LogP contribution in [0.15, 0.2) is 24.3 Å². The van der Waals surface area contributed by atoms with E-state index in [-0.39, 0.29) is 24.0 Å². The van der Waals surface area contributed by atoms with Crippen LogP contribution in [0.2, 0.25) is 0 Å². The molecule has 1 aromatic carbocycles. The number of halogens is 1. The quantitative estimate of drug-likeness (QED) is 0.664. The van der Waals surface area contributed by atoms with Crippen molar-refractivity contribution in [2.75, 3.05) is 38.6 Å². The maximum Gasteiger partial charge on any atom is 0.220 e. The van der Waals surface area contributed by atoms with Crippen LogP contribution in [0.4, 0.5) is 4.39 Å². The highest BCUT2D eigenvalue weighted by Crippen LogP contribution is 2.08. The zero-order valence-electron chi connectivity index (χ0n) is 14.2. The van der Waals surface area contributed by atoms with Crippen molar-refractivity contribution in [2.45, 2.75) is 25.7 Å². The van der Waals surface area contributed by atoms with Crippen LogP contribution in [-0.4, -0.2) is 57.2 Å². The third-order valence-corrected chi connectivity index (χ3v) is 5.95. The highest BCUT2D eigenvalue weighted by molar-refractivity contribution is 7.89. The highest BCUT2D eigenvalue weighted by Gasteiger charge is 2.23. The Kier molecular flexibility index (Phi) is 7.80. The van der Waals surface area contributed by atoms with Crippen molar-refractivity contribution in [1.82, 2.24) is 9.62 Å². The number of amides is 1. The fourth-order valence-electron chi connectivity index (χ4n) is 2.63. The van der Waals surface area contributed by atoms with Crippen molar-refractivity contribution in [3.63, 3.8) is 0 Å². The third kappa shape index (κ3) is 7.09. The van der Waals surface area contributed by atoms with E-state index >= 15 is 0 Å². The second-order valence-electron chi connectivity index (χ2n) is 6.01. The van der Waals surface area contributed by atoms with Gasteiger partial charge in [0.05, 0.1) is 19.0 Å². The van der Waals surface area contributed by atoms with E-state index in [4.69, 9.17) is 4.74 Å². The minimum atomic E-state index is -3.34. The summed E-state index contributed by atoms with van der Waals surface area (Å²) in [5, 5.41) is 2.66. The zero-order chi connectivity index (χ0) is 18.1. The topological polar surface area (TPSA) is 75.7 Å². The number of nitrogens with zero attached hydrogens (tertiary/aromatic N) is 1. The number of ether oxygens (including phenoxy) is 1. The van der Waals surface area contributed by atoms with Crippen LogP contribution in [0, 0.1) is 5.82 Å². The number of unbranched alkanes of at least 4 members (excludes halogenated alkanes) is 1. The summed E-state index contributed by atoms with van der Waals surface area (Å²) in [5.74, 6) is -0.486. The van der Waals surface area contributed by atoms with Gasteiger partial charge in [-0.3, -0.25) is 4.79 Å². The van der Waals surface area contributed by atoms with Crippen LogP contribution < -0.4 is 5.32 Å². The summed E-state index contributed by atoms with van der Waals surface area (Å²) < 4.78 is 43.5. The smallest absolute Gasteiger partial charge is 0.220 e. The van der Waals surface area contributed by atoms with E-state index in [1.165, 1.54) is 16.4 Å². The monoisotopic (exact) mass is 372 g/mol. The van der Waals surface area contributed by atoms with E-state index in [9.17, 15) is 17.6 Å². The molecule has 1 heterocycles. The summed E-state index contributed by atoms with van der Waals surface area (Å²) in [5.41, 5.74) is 1.04. The first-order chi connectivity index (χ1) is 12.0. The van der Waals surface area contributed by atoms with Gasteiger partial charge in [-0.15, -0.1) is 0 Å². The Hall–Kier alpha value is -1.51. The molecule has 1 aliphatic rings. The lowest BCUT2D eigenvalue weighted by Crippen LogP contribution is -2.43. The van der Waals surface area contributed by atoms with Crippen LogP contribution >= 0.6 is 0 Å². The number of aryl methyl sites for hydroxylation is 1. The molecular weight excluding hydrogens is 347 g/mol. The van der Waals surface area contributed by atoms with Gasteiger partial charge in [-0.25, -0.2) is 12.8 Å². The zero-order valence-corrected chi connectivity index (χ0v) is 15.1. The van der Waals surface area contributed by atoms with Crippen molar-refractivity contribution in [2.24, 2.45) is 0 Å². The number of carbonyl (C=O) groups is 1. The number of hydrogen-bond donors (Lipinski definition) is 1. The Balaban J connectivity index is 1.58. The normalized spacial score (nSPS) is 15.9. The van der Waals surface area contributed by atoms with Crippen molar-refractivity contribution < 1.29 is 22.3 Å². The molecule has 1 N–H and O–H groups in total. The van der Waals surface area contributed by atoms with Crippen LogP contribution in [0.1, 0.15) is 24.8 Å². The molecule has 0 aromatic heterocycles. The van der Waals surface area contributed by atoms with Gasteiger partial charge in [0, 0.05) is 26.1 Å². The van der Waals surface area contributed by atoms with Gasteiger partial charge in [-0.2, -0.15) is 4.31 Å². The van der Waals surface area contributed by atoms with Gasteiger partial charge in [-0.1, -0.05) is 12.1 Å². The van der Waals surface area contributed by atoms with Gasteiger partial charge in [-0.05, 0) is 37.0 Å². The number of nitrogens with one attached hydrogen (secondary N) is 1. The molecule has 25 heavy (non-hydrogen) atoms. The molecule has 0 atom stereocenters. The molecule has 0 radical (unpaired) electrons. The van der Waals surface area contributed by atoms with E-state index in [1.807, 2.05) is 0 Å². The highest BCUT2D eigenvalue weighted by atomic mass is 32.2. The van der Waals surface area contributed by atoms with Crippen molar-refractivity contribution in [1.29, 1.82) is 0 Å². The van der Waals surface area contributed by atoms with Crippen molar-refractivity contribution >= 4 is 15.9 Å². The maximum atomic E-state index is 12.8. The molecule has 0 unspecified atom stereocenters. The number of benzene rings is 1. The summed E-state index contributed by atoms with van der Waals surface area (Å²) in [7, 11) is -3.34. The second-order valence-corrected chi connectivity index (χ2v) is 8.10. The molecule has 2 rings (SSSR count). The Morgan fingerprint density at radius 2 is 1.84 bits per heavy atom. The predicted molar refractivity (Wildman–Crippen MR) is 93.1 cm³/mol. The first kappa shape index (κ1) is 19.8. The average molecular weight is 372 g/mol. The largest absolute Gasteiger partial charge is 0.379 e. The van der Waals surface area contributed by atoms with Crippen molar-refractivity contribution in [3.8, 4) is 0 Å². The summed E-state index contributed by atoms with van der Waals surface area (Å²) in [4.78, 5) is 11.8. The molecule has 140 valence electrons. The van der Waals surface area contributed by atoms with Gasteiger partial charge in [0.1, 0.15) is 5.82 Å². The van der Waals surface area contributed by atoms with E-state index < -0.39 is 10.0 Å². The van der Waals surface area contributed by atoms with E-state index in [1.54, 1.807) is 12.1 Å². The van der Waals surface area contributed by atoms with Crippen LogP contribution in [-0.2, 0) is 26.0 Å². The first-order valence-electron chi connectivity index (χ1n) is 8.54. The average Bonchev–Trinajstić information content (AvgIpc) is 2.61. The van der Waals surface area contributed by atoms with Crippen LogP contribution in [0.3, 0.4) is 0 Å². The van der Waals surface area contributed by atoms with Gasteiger partial charge >= 0.3 is 0 Å². The number of rotatable bonds is 9. The molecule has 0 bridgehead atoms. The Morgan fingerprint density at radius 1 is 1.16 bits per heavy atom. The van der Waals surface area contributed by atoms with E-state index in [0.717, 1.165) is 18.4 Å². The molecule has 0 spiro atoms. The summed E-state index contributed by atoms with van der Waals surface area (Å²) in [6, 6.07) is 6.34. The molecule has 1 aromatic rings. The Labute approximate surface area is 148 Å². The van der Waals surface area contributed by atoms with Gasteiger partial charge < -0.3 is 10.1 Å². The molecule has 1 saturated heterocycles. The van der Waals surface area contributed by atoms with Gasteiger partial charge in [0.2, 0.25) is 15.9 Å². The summed E-state index contributed by atoms with van der Waals surface area (Å²) >= 11 is 0. The minimum absolute atomic E-state index is 0.0890. The number of morpholine rings is 1. The molecule has 1 amide bonds. The molecular formula is C17H25FN2O4S. The lowest BCUT2D eigenvalue weighted by atomic mass is 10.1. The first-order valence-corrected chi connectivity index (χ1v) is 10.1. The minimum Gasteiger partial charge on any atom is -0.379 e. The molecule has 1 aliphatic heterocycles. The lowest BCUT2D eigenvalue weighted by molar-refractivity contribution is -0.121. The van der Waals surface area contributed by atoms with Crippen LogP contribution in [0.5, 0.6) is 0 Å². The van der Waals surface area contributed by atoms with Crippen LogP contribution in [0.25, 0.3) is 0 Å². The molecule has 1 fully saturated rings. The fraction of sp³-hybridized carbons (Fsp3) is 0.588. The third-order valence-electron chi connectivity index (χ3n) is 4.08. The molecule has 6 nitrogen and oxygen atoms in total. The standard InChI is InChI=1S/C17H25FN2O4S/c18-16-7-5-15(6-8-16)3-1-2-4-17(21)19-9-14-25(22,23)20-10-12-24-13-11-20/h5-8H,1-4,9-14H2,(H,19,21). The molecule has 8 heteroatoms. The van der Waals surface area contributed by atoms with Crippen molar-refractivity contribution in [3.05, 3.63) is 35.6 Å². The second kappa shape index (κ2) is 9.84.